The summed E-state index contributed by atoms with van der Waals surface area (Å²) < 4.78 is 5.53. The lowest BCUT2D eigenvalue weighted by molar-refractivity contribution is 0.0214. The molecule has 0 aromatic carbocycles. The fourth-order valence-corrected chi connectivity index (χ4v) is 3.91. The van der Waals surface area contributed by atoms with Gasteiger partial charge < -0.3 is 10.1 Å². The van der Waals surface area contributed by atoms with E-state index in [1.807, 2.05) is 11.3 Å². The molecule has 3 nitrogen and oxygen atoms in total. The van der Waals surface area contributed by atoms with Gasteiger partial charge in [-0.25, -0.2) is 0 Å². The van der Waals surface area contributed by atoms with E-state index in [1.165, 1.54) is 31.5 Å². The molecule has 1 aromatic heterocycles. The van der Waals surface area contributed by atoms with Crippen molar-refractivity contribution in [1.82, 2.24) is 10.2 Å². The van der Waals surface area contributed by atoms with Crippen molar-refractivity contribution in [1.29, 1.82) is 0 Å². The summed E-state index contributed by atoms with van der Waals surface area (Å²) >= 11 is 1.82. The van der Waals surface area contributed by atoms with Crippen LogP contribution in [0.15, 0.2) is 16.8 Å². The molecule has 0 bridgehead atoms. The Hall–Kier alpha value is -0.420. The predicted molar refractivity (Wildman–Crippen MR) is 75.0 cm³/mol. The quantitative estimate of drug-likeness (QED) is 0.907. The summed E-state index contributed by atoms with van der Waals surface area (Å²) in [5.74, 6) is 0.770. The fraction of sp³-hybridized carbons (Fsp3) is 0.714. The monoisotopic (exact) mass is 266 g/mol. The average molecular weight is 266 g/mol. The minimum Gasteiger partial charge on any atom is -0.381 e. The Kier molecular flexibility index (Phi) is 4.31. The molecule has 18 heavy (non-hydrogen) atoms. The molecule has 0 saturated carbocycles. The third kappa shape index (κ3) is 2.77. The van der Waals surface area contributed by atoms with Crippen molar-refractivity contribution in [3.8, 4) is 0 Å². The minimum atomic E-state index is 0.613. The zero-order chi connectivity index (χ0) is 12.2. The molecule has 100 valence electrons. The number of nitrogens with one attached hydrogen (secondary N) is 1. The van der Waals surface area contributed by atoms with Gasteiger partial charge in [-0.1, -0.05) is 0 Å². The van der Waals surface area contributed by atoms with Crippen LogP contribution in [0.3, 0.4) is 0 Å². The lowest BCUT2D eigenvalue weighted by atomic mass is 9.87. The molecule has 2 saturated heterocycles. The van der Waals surface area contributed by atoms with Crippen molar-refractivity contribution in [2.75, 3.05) is 39.4 Å². The van der Waals surface area contributed by atoms with E-state index in [0.717, 1.165) is 32.2 Å². The first-order valence-corrected chi connectivity index (χ1v) is 7.94. The highest BCUT2D eigenvalue weighted by molar-refractivity contribution is 7.07. The second-order valence-corrected chi connectivity index (χ2v) is 6.02. The van der Waals surface area contributed by atoms with Gasteiger partial charge in [-0.3, -0.25) is 4.90 Å². The Balaban J connectivity index is 1.78. The first kappa shape index (κ1) is 12.6. The van der Waals surface area contributed by atoms with E-state index in [2.05, 4.69) is 27.0 Å². The Morgan fingerprint density at radius 3 is 2.72 bits per heavy atom. The summed E-state index contributed by atoms with van der Waals surface area (Å²) in [5.41, 5.74) is 1.52. The Bertz CT molecular complexity index is 325. The molecule has 1 atom stereocenters. The van der Waals surface area contributed by atoms with Crippen molar-refractivity contribution in [2.24, 2.45) is 5.92 Å². The van der Waals surface area contributed by atoms with E-state index >= 15 is 0 Å². The molecule has 2 aliphatic rings. The van der Waals surface area contributed by atoms with Crippen molar-refractivity contribution in [2.45, 2.75) is 18.9 Å². The number of thiophene rings is 1. The standard InChI is InChI=1S/C14H22N2OS/c1-8-17-9-2-12(1)14(13-3-10-18-11-13)16-6-4-15-5-7-16/h3,10-12,14-15H,1-2,4-9H2. The maximum absolute atomic E-state index is 5.53. The van der Waals surface area contributed by atoms with Crippen molar-refractivity contribution >= 4 is 11.3 Å². The molecule has 3 heterocycles. The summed E-state index contributed by atoms with van der Waals surface area (Å²) in [4.78, 5) is 2.68. The van der Waals surface area contributed by atoms with Gasteiger partial charge in [0.05, 0.1) is 0 Å². The first-order valence-electron chi connectivity index (χ1n) is 7.00. The number of rotatable bonds is 3. The van der Waals surface area contributed by atoms with E-state index < -0.39 is 0 Å². The van der Waals surface area contributed by atoms with Crippen molar-refractivity contribution in [3.63, 3.8) is 0 Å². The minimum absolute atomic E-state index is 0.613. The van der Waals surface area contributed by atoms with E-state index in [9.17, 15) is 0 Å². The van der Waals surface area contributed by atoms with E-state index in [1.54, 1.807) is 0 Å². The summed E-state index contributed by atoms with van der Waals surface area (Å²) in [5, 5.41) is 8.00. The highest BCUT2D eigenvalue weighted by atomic mass is 32.1. The highest BCUT2D eigenvalue weighted by Crippen LogP contribution is 2.36. The molecule has 0 aliphatic carbocycles. The number of nitrogens with zero attached hydrogens (tertiary/aromatic N) is 1. The summed E-state index contributed by atoms with van der Waals surface area (Å²) in [6, 6.07) is 2.93. The highest BCUT2D eigenvalue weighted by Gasteiger charge is 2.31. The third-order valence-electron chi connectivity index (χ3n) is 4.14. The van der Waals surface area contributed by atoms with Crippen LogP contribution in [0.25, 0.3) is 0 Å². The first-order chi connectivity index (χ1) is 8.95. The van der Waals surface area contributed by atoms with Gasteiger partial charge in [-0.2, -0.15) is 11.3 Å². The molecule has 1 unspecified atom stereocenters. The molecule has 1 N–H and O–H groups in total. The predicted octanol–water partition coefficient (Wildman–Crippen LogP) is 2.12. The van der Waals surface area contributed by atoms with Crippen LogP contribution in [0.5, 0.6) is 0 Å². The number of hydrogen-bond donors (Lipinski definition) is 1. The van der Waals surface area contributed by atoms with Gasteiger partial charge in [-0.05, 0) is 41.1 Å². The molecule has 1 aromatic rings. The second-order valence-electron chi connectivity index (χ2n) is 5.24. The van der Waals surface area contributed by atoms with Gasteiger partial charge >= 0.3 is 0 Å². The molecular weight excluding hydrogens is 244 g/mol. The molecule has 2 fully saturated rings. The smallest absolute Gasteiger partial charge is 0.0469 e. The molecular formula is C14H22N2OS. The number of hydrogen-bond acceptors (Lipinski definition) is 4. The molecule has 4 heteroatoms. The van der Waals surface area contributed by atoms with Gasteiger partial charge in [0.1, 0.15) is 0 Å². The maximum Gasteiger partial charge on any atom is 0.0469 e. The lowest BCUT2D eigenvalue weighted by Gasteiger charge is -2.40. The molecule has 2 aliphatic heterocycles. The van der Waals surface area contributed by atoms with Gasteiger partial charge in [0.15, 0.2) is 0 Å². The zero-order valence-corrected chi connectivity index (χ0v) is 11.6. The Morgan fingerprint density at radius 2 is 2.06 bits per heavy atom. The van der Waals surface area contributed by atoms with Crippen LogP contribution in [0.4, 0.5) is 0 Å². The van der Waals surface area contributed by atoms with Crippen molar-refractivity contribution in [3.05, 3.63) is 22.4 Å². The van der Waals surface area contributed by atoms with Crippen LogP contribution in [0.2, 0.25) is 0 Å². The van der Waals surface area contributed by atoms with Crippen LogP contribution in [-0.2, 0) is 4.74 Å². The van der Waals surface area contributed by atoms with E-state index in [-0.39, 0.29) is 0 Å². The van der Waals surface area contributed by atoms with E-state index in [0.29, 0.717) is 6.04 Å². The second kappa shape index (κ2) is 6.15. The molecule has 0 spiro atoms. The average Bonchev–Trinajstić information content (AvgIpc) is 2.95. The SMILES string of the molecule is c1cc(C(C2CCOCC2)N2CCNCC2)cs1. The lowest BCUT2D eigenvalue weighted by Crippen LogP contribution is -2.47. The van der Waals surface area contributed by atoms with Gasteiger partial charge in [0, 0.05) is 45.4 Å². The van der Waals surface area contributed by atoms with Crippen LogP contribution >= 0.6 is 11.3 Å². The van der Waals surface area contributed by atoms with Gasteiger partial charge in [0.2, 0.25) is 0 Å². The van der Waals surface area contributed by atoms with Gasteiger partial charge in [-0.15, -0.1) is 0 Å². The van der Waals surface area contributed by atoms with Crippen LogP contribution < -0.4 is 5.32 Å². The third-order valence-corrected chi connectivity index (χ3v) is 4.84. The van der Waals surface area contributed by atoms with Gasteiger partial charge in [0.25, 0.3) is 0 Å². The van der Waals surface area contributed by atoms with Crippen LogP contribution in [-0.4, -0.2) is 44.3 Å². The summed E-state index contributed by atoms with van der Waals surface area (Å²) in [6.45, 7) is 6.50. The largest absolute Gasteiger partial charge is 0.381 e. The molecule has 0 radical (unpaired) electrons. The Labute approximate surface area is 113 Å². The fourth-order valence-electron chi connectivity index (χ4n) is 3.22. The summed E-state index contributed by atoms with van der Waals surface area (Å²) in [7, 11) is 0. The van der Waals surface area contributed by atoms with Crippen molar-refractivity contribution < 1.29 is 4.74 Å². The Morgan fingerprint density at radius 1 is 1.28 bits per heavy atom. The zero-order valence-electron chi connectivity index (χ0n) is 10.8. The van der Waals surface area contributed by atoms with Crippen LogP contribution in [0.1, 0.15) is 24.4 Å². The number of piperazine rings is 1. The molecule has 3 rings (SSSR count). The molecule has 0 amide bonds. The summed E-state index contributed by atoms with van der Waals surface area (Å²) in [6.07, 6.45) is 2.43. The topological polar surface area (TPSA) is 24.5 Å². The number of ether oxygens (including phenoxy) is 1. The van der Waals surface area contributed by atoms with Crippen LogP contribution in [0, 0.1) is 5.92 Å². The normalized spacial score (nSPS) is 25.1. The maximum atomic E-state index is 5.53. The van der Waals surface area contributed by atoms with E-state index in [4.69, 9.17) is 4.74 Å².